The number of hydrogen-bond acceptors (Lipinski definition) is 6. The highest BCUT2D eigenvalue weighted by Crippen LogP contribution is 2.28. The van der Waals surface area contributed by atoms with Crippen molar-refractivity contribution in [3.8, 4) is 5.75 Å². The Balaban J connectivity index is 1.33. The van der Waals surface area contributed by atoms with Crippen molar-refractivity contribution in [2.75, 3.05) is 20.6 Å². The van der Waals surface area contributed by atoms with Gasteiger partial charge in [0.1, 0.15) is 23.9 Å². The zero-order valence-electron chi connectivity index (χ0n) is 29.5. The largest absolute Gasteiger partial charge is 0.483 e. The fourth-order valence-corrected chi connectivity index (χ4v) is 6.77. The molecule has 1 fully saturated rings. The van der Waals surface area contributed by atoms with Crippen molar-refractivity contribution in [1.29, 1.82) is 0 Å². The zero-order valence-corrected chi connectivity index (χ0v) is 29.5. The van der Waals surface area contributed by atoms with Gasteiger partial charge in [-0.1, -0.05) is 103 Å². The standard InChI is InChI=1S/C42H45N5O5/c1-46(2)36(28-31-15-8-4-9-16-31)42(51)47-26-12-19-35(47)40(49)45-37-38(32-17-10-5-11-18-32)52-33-22-20-29(21-23-33)24-25-43-39(48)34(44-41(37)50)27-30-13-6-3-7-14-30/h3-11,13-18,20-25,34-38H,12,19,26-28H2,1-2H3,(H,43,48)(H,44,50)(H,45,49)/b25-24+/t34-,35+,36+,37-,38+/m0/s1. The van der Waals surface area contributed by atoms with Crippen molar-refractivity contribution < 1.29 is 23.9 Å². The maximum Gasteiger partial charge on any atom is 0.247 e. The summed E-state index contributed by atoms with van der Waals surface area (Å²) in [5.74, 6) is -1.12. The highest BCUT2D eigenvalue weighted by atomic mass is 16.5. The molecule has 10 heteroatoms. The molecule has 0 radical (unpaired) electrons. The number of likely N-dealkylation sites (tertiary alicyclic amines) is 1. The van der Waals surface area contributed by atoms with Crippen LogP contribution in [-0.2, 0) is 32.0 Å². The summed E-state index contributed by atoms with van der Waals surface area (Å²) in [6, 6.07) is 32.2. The first kappa shape index (κ1) is 36.1. The Labute approximate surface area is 304 Å². The van der Waals surface area contributed by atoms with Gasteiger partial charge in [-0.3, -0.25) is 24.1 Å². The van der Waals surface area contributed by atoms with Crippen LogP contribution in [0.1, 0.15) is 41.2 Å². The number of ether oxygens (including phenoxy) is 1. The molecule has 52 heavy (non-hydrogen) atoms. The quantitative estimate of drug-likeness (QED) is 0.240. The first-order valence-corrected chi connectivity index (χ1v) is 17.7. The maximum atomic E-state index is 14.5. The Hall–Kier alpha value is -5.74. The number of carbonyl (C=O) groups excluding carboxylic acids is 4. The van der Waals surface area contributed by atoms with E-state index < -0.39 is 48.0 Å². The van der Waals surface area contributed by atoms with E-state index in [0.717, 1.165) is 16.7 Å². The molecular weight excluding hydrogens is 654 g/mol. The molecule has 0 unspecified atom stereocenters. The minimum atomic E-state index is -1.27. The Morgan fingerprint density at radius 2 is 1.48 bits per heavy atom. The van der Waals surface area contributed by atoms with E-state index in [-0.39, 0.29) is 12.3 Å². The maximum absolute atomic E-state index is 14.5. The number of benzene rings is 4. The third-order valence-corrected chi connectivity index (χ3v) is 9.59. The van der Waals surface area contributed by atoms with E-state index >= 15 is 0 Å². The highest BCUT2D eigenvalue weighted by Gasteiger charge is 2.42. The van der Waals surface area contributed by atoms with Crippen LogP contribution in [0.3, 0.4) is 0 Å². The second kappa shape index (κ2) is 17.0. The van der Waals surface area contributed by atoms with Gasteiger partial charge in [0.25, 0.3) is 0 Å². The Bertz CT molecular complexity index is 1850. The van der Waals surface area contributed by atoms with Gasteiger partial charge in [-0.05, 0) is 73.8 Å². The number of fused-ring (bicyclic) bond motifs is 10. The molecule has 3 N–H and O–H groups in total. The van der Waals surface area contributed by atoms with Gasteiger partial charge in [-0.15, -0.1) is 0 Å². The topological polar surface area (TPSA) is 120 Å². The lowest BCUT2D eigenvalue weighted by molar-refractivity contribution is -0.143. The Morgan fingerprint density at radius 3 is 2.13 bits per heavy atom. The van der Waals surface area contributed by atoms with Crippen LogP contribution in [0.5, 0.6) is 5.75 Å². The van der Waals surface area contributed by atoms with Crippen LogP contribution in [0.4, 0.5) is 0 Å². The van der Waals surface area contributed by atoms with E-state index in [1.807, 2.05) is 122 Å². The minimum Gasteiger partial charge on any atom is -0.483 e. The van der Waals surface area contributed by atoms with Crippen molar-refractivity contribution in [2.45, 2.75) is 56.0 Å². The summed E-state index contributed by atoms with van der Waals surface area (Å²) in [7, 11) is 3.73. The molecule has 2 bridgehead atoms. The summed E-state index contributed by atoms with van der Waals surface area (Å²) in [6.45, 7) is 0.421. The molecule has 0 aromatic heterocycles. The summed E-state index contributed by atoms with van der Waals surface area (Å²) in [5.41, 5.74) is 3.36. The van der Waals surface area contributed by atoms with Gasteiger partial charge in [0.15, 0.2) is 6.10 Å². The molecule has 0 saturated carbocycles. The average molecular weight is 700 g/mol. The van der Waals surface area contributed by atoms with E-state index in [4.69, 9.17) is 4.74 Å². The molecule has 1 saturated heterocycles. The molecule has 3 aliphatic rings. The van der Waals surface area contributed by atoms with Crippen molar-refractivity contribution in [2.24, 2.45) is 0 Å². The molecule has 5 atom stereocenters. The van der Waals surface area contributed by atoms with E-state index in [9.17, 15) is 19.2 Å². The molecule has 4 aromatic carbocycles. The number of hydrogen-bond donors (Lipinski definition) is 3. The van der Waals surface area contributed by atoms with Gasteiger partial charge in [0, 0.05) is 19.2 Å². The molecule has 3 aliphatic heterocycles. The number of likely N-dealkylation sites (N-methyl/N-ethyl adjacent to an activating group) is 1. The van der Waals surface area contributed by atoms with Gasteiger partial charge in [-0.2, -0.15) is 0 Å². The van der Waals surface area contributed by atoms with Gasteiger partial charge >= 0.3 is 0 Å². The fourth-order valence-electron chi connectivity index (χ4n) is 6.77. The van der Waals surface area contributed by atoms with Crippen molar-refractivity contribution >= 4 is 29.7 Å². The minimum absolute atomic E-state index is 0.148. The normalized spacial score (nSPS) is 21.7. The summed E-state index contributed by atoms with van der Waals surface area (Å²) < 4.78 is 6.55. The predicted octanol–water partition coefficient (Wildman–Crippen LogP) is 4.28. The fraction of sp³-hybridized carbons (Fsp3) is 0.286. The lowest BCUT2D eigenvalue weighted by atomic mass is 9.98. The third-order valence-electron chi connectivity index (χ3n) is 9.59. The smallest absolute Gasteiger partial charge is 0.247 e. The van der Waals surface area contributed by atoms with E-state index in [0.29, 0.717) is 37.1 Å². The van der Waals surface area contributed by atoms with Crippen LogP contribution >= 0.6 is 0 Å². The number of amides is 4. The van der Waals surface area contributed by atoms with E-state index in [2.05, 4.69) is 16.0 Å². The molecule has 4 amide bonds. The van der Waals surface area contributed by atoms with Gasteiger partial charge in [0.05, 0.1) is 6.04 Å². The van der Waals surface area contributed by atoms with Gasteiger partial charge in [-0.25, -0.2) is 0 Å². The van der Waals surface area contributed by atoms with Crippen LogP contribution in [0.15, 0.2) is 121 Å². The number of nitrogens with zero attached hydrogens (tertiary/aromatic N) is 2. The predicted molar refractivity (Wildman–Crippen MR) is 200 cm³/mol. The molecule has 7 rings (SSSR count). The van der Waals surface area contributed by atoms with Crippen LogP contribution < -0.4 is 20.7 Å². The third kappa shape index (κ3) is 8.94. The van der Waals surface area contributed by atoms with Crippen molar-refractivity contribution in [3.05, 3.63) is 144 Å². The summed E-state index contributed by atoms with van der Waals surface area (Å²) in [5, 5.41) is 8.75. The van der Waals surface area contributed by atoms with Crippen LogP contribution in [0, 0.1) is 0 Å². The SMILES string of the molecule is CN(C)[C@H](Cc1ccccc1)C(=O)N1CCC[C@@H]1C(=O)N[C@@H]1C(=O)N[C@@H](Cc2ccccc2)C(=O)N/C=C/c2ccc(cc2)O[C@@H]1c1ccccc1. The molecular formula is C42H45N5O5. The second-order valence-electron chi connectivity index (χ2n) is 13.5. The molecule has 268 valence electrons. The molecule has 0 aliphatic carbocycles. The molecule has 0 spiro atoms. The Kier molecular flexibility index (Phi) is 11.8. The zero-order chi connectivity index (χ0) is 36.5. The first-order valence-electron chi connectivity index (χ1n) is 17.7. The van der Waals surface area contributed by atoms with Crippen LogP contribution in [-0.4, -0.2) is 78.2 Å². The molecule has 4 aromatic rings. The van der Waals surface area contributed by atoms with E-state index in [1.54, 1.807) is 29.3 Å². The first-order chi connectivity index (χ1) is 25.3. The molecule has 3 heterocycles. The monoisotopic (exact) mass is 699 g/mol. The highest BCUT2D eigenvalue weighted by molar-refractivity contribution is 5.96. The number of carbonyl (C=O) groups is 4. The summed E-state index contributed by atoms with van der Waals surface area (Å²) in [4.78, 5) is 60.2. The lowest BCUT2D eigenvalue weighted by Gasteiger charge is -2.34. The van der Waals surface area contributed by atoms with Gasteiger partial charge in [0.2, 0.25) is 23.6 Å². The second-order valence-corrected chi connectivity index (χ2v) is 13.5. The van der Waals surface area contributed by atoms with Crippen LogP contribution in [0.25, 0.3) is 6.08 Å². The average Bonchev–Trinajstić information content (AvgIpc) is 3.66. The van der Waals surface area contributed by atoms with Crippen molar-refractivity contribution in [3.63, 3.8) is 0 Å². The number of rotatable bonds is 9. The van der Waals surface area contributed by atoms with Crippen LogP contribution in [0.2, 0.25) is 0 Å². The van der Waals surface area contributed by atoms with Crippen molar-refractivity contribution in [1.82, 2.24) is 25.8 Å². The molecule has 10 nitrogen and oxygen atoms in total. The lowest BCUT2D eigenvalue weighted by Crippen LogP contribution is -2.59. The van der Waals surface area contributed by atoms with Gasteiger partial charge < -0.3 is 25.6 Å². The van der Waals surface area contributed by atoms with E-state index in [1.165, 1.54) is 0 Å². The summed E-state index contributed by atoms with van der Waals surface area (Å²) >= 11 is 0. The number of nitrogens with one attached hydrogen (secondary N) is 3. The summed E-state index contributed by atoms with van der Waals surface area (Å²) in [6.07, 6.45) is 4.13. The Morgan fingerprint density at radius 1 is 0.846 bits per heavy atom.